The van der Waals surface area contributed by atoms with Gasteiger partial charge in [-0.15, -0.1) is 11.3 Å². The van der Waals surface area contributed by atoms with E-state index in [0.29, 0.717) is 23.9 Å². The number of likely N-dealkylation sites (tertiary alicyclic amines) is 2. The third-order valence-electron chi connectivity index (χ3n) is 7.93. The standard InChI is InChI=1S/C28H35N7O2S/c1-16-4-6-23(35(14-16)28(37)26(36)32-22-13-31-12-19(11-29)25(22)30)18-5-7-24-21(10-18)33-27(38-24)20-8-9-34(3)15-17(20)2/h5,7,10-13,16-17,20,23,29H,4,6,8-9,14-15H2,1-3H3,(H2,30,31)(H,32,36)/t16-,17+,20+,23+/m0/s1. The van der Waals surface area contributed by atoms with E-state index < -0.39 is 11.8 Å². The van der Waals surface area contributed by atoms with Crippen LogP contribution in [0.3, 0.4) is 0 Å². The van der Waals surface area contributed by atoms with Gasteiger partial charge in [-0.05, 0) is 62.4 Å². The summed E-state index contributed by atoms with van der Waals surface area (Å²) in [7, 11) is 2.18. The fraction of sp³-hybridized carbons (Fsp3) is 0.464. The number of hydrogen-bond donors (Lipinski definition) is 3. The molecule has 4 atom stereocenters. The topological polar surface area (TPSA) is 128 Å². The normalized spacial score (nSPS) is 24.3. The van der Waals surface area contributed by atoms with Crippen LogP contribution in [0.25, 0.3) is 10.2 Å². The number of nitrogens with two attached hydrogens (primary N) is 1. The van der Waals surface area contributed by atoms with Gasteiger partial charge in [0.05, 0.1) is 38.8 Å². The monoisotopic (exact) mass is 533 g/mol. The van der Waals surface area contributed by atoms with Crippen LogP contribution in [-0.2, 0) is 9.59 Å². The number of hydrogen-bond acceptors (Lipinski definition) is 8. The minimum Gasteiger partial charge on any atom is -0.396 e. The first-order valence-electron chi connectivity index (χ1n) is 13.2. The molecule has 38 heavy (non-hydrogen) atoms. The Morgan fingerprint density at radius 3 is 2.76 bits per heavy atom. The number of anilines is 2. The molecule has 3 aromatic rings. The lowest BCUT2D eigenvalue weighted by Crippen LogP contribution is -2.46. The van der Waals surface area contributed by atoms with Crippen molar-refractivity contribution in [2.24, 2.45) is 11.8 Å². The van der Waals surface area contributed by atoms with Crippen LogP contribution in [0.15, 0.2) is 30.6 Å². The van der Waals surface area contributed by atoms with Gasteiger partial charge in [-0.1, -0.05) is 19.9 Å². The minimum atomic E-state index is -0.756. The predicted octanol–water partition coefficient (Wildman–Crippen LogP) is 4.26. The highest BCUT2D eigenvalue weighted by molar-refractivity contribution is 7.18. The molecule has 2 aliphatic rings. The number of benzene rings is 1. The lowest BCUT2D eigenvalue weighted by atomic mass is 9.87. The van der Waals surface area contributed by atoms with Crippen molar-refractivity contribution in [3.63, 3.8) is 0 Å². The molecule has 0 bridgehead atoms. The molecule has 4 N–H and O–H groups in total. The van der Waals surface area contributed by atoms with E-state index in [1.54, 1.807) is 16.2 Å². The van der Waals surface area contributed by atoms with Crippen molar-refractivity contribution in [1.82, 2.24) is 19.8 Å². The molecular formula is C28H35N7O2S. The van der Waals surface area contributed by atoms with Crippen molar-refractivity contribution < 1.29 is 9.59 Å². The van der Waals surface area contributed by atoms with Gasteiger partial charge in [0.25, 0.3) is 0 Å². The van der Waals surface area contributed by atoms with Gasteiger partial charge in [-0.3, -0.25) is 14.6 Å². The van der Waals surface area contributed by atoms with Gasteiger partial charge in [0, 0.05) is 37.0 Å². The second kappa shape index (κ2) is 10.8. The molecule has 5 rings (SSSR count). The number of nitrogens with one attached hydrogen (secondary N) is 2. The number of fused-ring (bicyclic) bond motifs is 1. The maximum Gasteiger partial charge on any atom is 0.314 e. The van der Waals surface area contributed by atoms with Crippen molar-refractivity contribution in [3.05, 3.63) is 46.7 Å². The molecule has 0 spiro atoms. The Morgan fingerprint density at radius 2 is 2.00 bits per heavy atom. The molecule has 0 aliphatic carbocycles. The lowest BCUT2D eigenvalue weighted by molar-refractivity contribution is -0.146. The number of nitrogen functional groups attached to an aromatic ring is 1. The van der Waals surface area contributed by atoms with Crippen molar-refractivity contribution in [2.45, 2.75) is 45.1 Å². The quantitative estimate of drug-likeness (QED) is 0.339. The number of thiazole rings is 1. The Bertz CT molecular complexity index is 1370. The number of rotatable bonds is 4. The van der Waals surface area contributed by atoms with Crippen LogP contribution in [0.5, 0.6) is 0 Å². The van der Waals surface area contributed by atoms with E-state index in [0.717, 1.165) is 54.3 Å². The highest BCUT2D eigenvalue weighted by Crippen LogP contribution is 2.39. The first kappa shape index (κ1) is 26.2. The Kier molecular flexibility index (Phi) is 7.45. The van der Waals surface area contributed by atoms with Crippen LogP contribution in [0, 0.1) is 17.2 Å². The molecule has 9 nitrogen and oxygen atoms in total. The summed E-state index contributed by atoms with van der Waals surface area (Å²) in [4.78, 5) is 39.6. The van der Waals surface area contributed by atoms with Gasteiger partial charge in [0.1, 0.15) is 0 Å². The molecule has 10 heteroatoms. The number of amides is 2. The molecule has 2 fully saturated rings. The maximum absolute atomic E-state index is 13.4. The summed E-state index contributed by atoms with van der Waals surface area (Å²) in [6.45, 7) is 7.07. The summed E-state index contributed by atoms with van der Waals surface area (Å²) in [5.74, 6) is -0.0356. The Balaban J connectivity index is 1.38. The SMILES string of the molecule is C[C@H]1CC[C@H](c2ccc3sc([C@@H]4CCN(C)C[C@H]4C)nc3c2)N(C(=O)C(=O)Nc2cncc(C=N)c2N)C1. The van der Waals surface area contributed by atoms with Crippen LogP contribution in [0.2, 0.25) is 0 Å². The molecular weight excluding hydrogens is 498 g/mol. The molecule has 0 unspecified atom stereocenters. The van der Waals surface area contributed by atoms with Gasteiger partial charge in [0.15, 0.2) is 0 Å². The van der Waals surface area contributed by atoms with Crippen LogP contribution in [0.4, 0.5) is 11.4 Å². The molecule has 2 saturated heterocycles. The van der Waals surface area contributed by atoms with Gasteiger partial charge in [-0.2, -0.15) is 0 Å². The fourth-order valence-electron chi connectivity index (χ4n) is 5.78. The Hall–Kier alpha value is -3.37. The lowest BCUT2D eigenvalue weighted by Gasteiger charge is -2.38. The Morgan fingerprint density at radius 1 is 1.18 bits per heavy atom. The van der Waals surface area contributed by atoms with E-state index in [4.69, 9.17) is 16.1 Å². The number of nitrogens with zero attached hydrogens (tertiary/aromatic N) is 4. The van der Waals surface area contributed by atoms with Gasteiger partial charge in [0.2, 0.25) is 0 Å². The van der Waals surface area contributed by atoms with Crippen molar-refractivity contribution >= 4 is 51.0 Å². The van der Waals surface area contributed by atoms with E-state index >= 15 is 0 Å². The summed E-state index contributed by atoms with van der Waals surface area (Å²) < 4.78 is 1.16. The van der Waals surface area contributed by atoms with E-state index in [-0.39, 0.29) is 23.3 Å². The number of aromatic nitrogens is 2. The molecule has 1 aromatic carbocycles. The third kappa shape index (κ3) is 5.15. The highest BCUT2D eigenvalue weighted by Gasteiger charge is 2.35. The van der Waals surface area contributed by atoms with Crippen LogP contribution < -0.4 is 11.1 Å². The van der Waals surface area contributed by atoms with Crippen molar-refractivity contribution in [1.29, 1.82) is 5.41 Å². The Labute approximate surface area is 226 Å². The number of piperidine rings is 2. The van der Waals surface area contributed by atoms with Crippen molar-refractivity contribution in [3.8, 4) is 0 Å². The van der Waals surface area contributed by atoms with Crippen LogP contribution in [0.1, 0.15) is 61.2 Å². The molecule has 4 heterocycles. The largest absolute Gasteiger partial charge is 0.396 e. The fourth-order valence-corrected chi connectivity index (χ4v) is 7.00. The van der Waals surface area contributed by atoms with Crippen molar-refractivity contribution in [2.75, 3.05) is 37.7 Å². The second-order valence-corrected chi connectivity index (χ2v) is 11.9. The average molecular weight is 534 g/mol. The molecule has 0 saturated carbocycles. The first-order valence-corrected chi connectivity index (χ1v) is 14.0. The van der Waals surface area contributed by atoms with Gasteiger partial charge >= 0.3 is 11.8 Å². The molecule has 2 amide bonds. The van der Waals surface area contributed by atoms with Crippen LogP contribution >= 0.6 is 11.3 Å². The summed E-state index contributed by atoms with van der Waals surface area (Å²) in [6, 6.07) is 6.09. The summed E-state index contributed by atoms with van der Waals surface area (Å²) in [6.07, 6.45) is 6.77. The number of carbonyl (C=O) groups is 2. The zero-order valence-corrected chi connectivity index (χ0v) is 22.9. The maximum atomic E-state index is 13.4. The molecule has 2 aliphatic heterocycles. The highest BCUT2D eigenvalue weighted by atomic mass is 32.1. The zero-order valence-electron chi connectivity index (χ0n) is 22.1. The number of pyridine rings is 1. The molecule has 2 aromatic heterocycles. The second-order valence-electron chi connectivity index (χ2n) is 10.9. The van der Waals surface area contributed by atoms with E-state index in [9.17, 15) is 9.59 Å². The summed E-state index contributed by atoms with van der Waals surface area (Å²) in [5, 5.41) is 11.3. The predicted molar refractivity (Wildman–Crippen MR) is 152 cm³/mol. The van der Waals surface area contributed by atoms with Crippen LogP contribution in [-0.4, -0.2) is 64.5 Å². The first-order chi connectivity index (χ1) is 18.2. The van der Waals surface area contributed by atoms with E-state index in [1.807, 2.05) is 0 Å². The smallest absolute Gasteiger partial charge is 0.314 e. The summed E-state index contributed by atoms with van der Waals surface area (Å²) in [5.41, 5.74) is 8.83. The summed E-state index contributed by atoms with van der Waals surface area (Å²) >= 11 is 1.77. The number of carbonyl (C=O) groups excluding carboxylic acids is 2. The van der Waals surface area contributed by atoms with Gasteiger partial charge in [-0.25, -0.2) is 4.98 Å². The van der Waals surface area contributed by atoms with E-state index in [2.05, 4.69) is 54.3 Å². The molecule has 200 valence electrons. The molecule has 0 radical (unpaired) electrons. The third-order valence-corrected chi connectivity index (χ3v) is 9.10. The van der Waals surface area contributed by atoms with Gasteiger partial charge < -0.3 is 26.3 Å². The average Bonchev–Trinajstić information content (AvgIpc) is 3.32. The zero-order chi connectivity index (χ0) is 27.0. The van der Waals surface area contributed by atoms with E-state index in [1.165, 1.54) is 17.4 Å². The minimum absolute atomic E-state index is 0.204.